The van der Waals surface area contributed by atoms with Crippen molar-refractivity contribution in [3.05, 3.63) is 238 Å². The second-order valence-electron chi connectivity index (χ2n) is 18.3. The number of rotatable bonds is 15. The van der Waals surface area contributed by atoms with Crippen LogP contribution in [-0.2, 0) is 35.1 Å². The van der Waals surface area contributed by atoms with E-state index in [0.29, 0.717) is 16.6 Å². The molecular weight excluding hydrogens is 899 g/mol. The van der Waals surface area contributed by atoms with E-state index in [-0.39, 0.29) is 17.3 Å². The Hall–Kier alpha value is -7.28. The Morgan fingerprint density at radius 2 is 1.12 bits per heavy atom. The number of anilines is 1. The van der Waals surface area contributed by atoms with Crippen LogP contribution in [0.3, 0.4) is 0 Å². The van der Waals surface area contributed by atoms with Gasteiger partial charge >= 0.3 is 5.97 Å². The largest absolute Gasteiger partial charge is 0.455 e. The monoisotopic (exact) mass is 949 g/mol. The van der Waals surface area contributed by atoms with Gasteiger partial charge in [-0.1, -0.05) is 187 Å². The van der Waals surface area contributed by atoms with Crippen molar-refractivity contribution in [3.8, 4) is 0 Å². The minimum atomic E-state index is -1.33. The first kappa shape index (κ1) is 45.5. The third kappa shape index (κ3) is 8.86. The summed E-state index contributed by atoms with van der Waals surface area (Å²) in [7, 11) is 0. The van der Waals surface area contributed by atoms with E-state index in [1.807, 2.05) is 166 Å². The highest BCUT2D eigenvalue weighted by Crippen LogP contribution is 2.49. The highest BCUT2D eigenvalue weighted by atomic mass is 32.2. The van der Waals surface area contributed by atoms with Crippen LogP contribution >= 0.6 is 23.1 Å². The molecule has 1 aliphatic carbocycles. The lowest BCUT2D eigenvalue weighted by Gasteiger charge is -2.50. The van der Waals surface area contributed by atoms with E-state index in [1.54, 1.807) is 5.38 Å². The second kappa shape index (κ2) is 19.0. The van der Waals surface area contributed by atoms with Gasteiger partial charge in [-0.25, -0.2) is 9.78 Å². The van der Waals surface area contributed by atoms with Crippen LogP contribution in [0.4, 0.5) is 5.13 Å². The summed E-state index contributed by atoms with van der Waals surface area (Å²) in [4.78, 5) is 56.9. The lowest BCUT2D eigenvalue weighted by atomic mass is 9.77. The molecule has 2 fully saturated rings. The molecule has 2 atom stereocenters. The number of ether oxygens (including phenoxy) is 1. The van der Waals surface area contributed by atoms with Crippen molar-refractivity contribution in [2.75, 3.05) is 11.1 Å². The van der Waals surface area contributed by atoms with E-state index in [4.69, 9.17) is 19.7 Å². The van der Waals surface area contributed by atoms with E-state index in [0.717, 1.165) is 51.8 Å². The van der Waals surface area contributed by atoms with Crippen LogP contribution in [-0.4, -0.2) is 56.1 Å². The predicted molar refractivity (Wildman–Crippen MR) is 272 cm³/mol. The minimum Gasteiger partial charge on any atom is -0.455 e. The Kier molecular flexibility index (Phi) is 12.5. The maximum absolute atomic E-state index is 15.2. The summed E-state index contributed by atoms with van der Waals surface area (Å²) in [6.45, 7) is 5.44. The Morgan fingerprint density at radius 1 is 0.667 bits per heavy atom. The zero-order valence-electron chi connectivity index (χ0n) is 38.5. The minimum absolute atomic E-state index is 0.134. The van der Waals surface area contributed by atoms with E-state index in [9.17, 15) is 9.59 Å². The fourth-order valence-electron chi connectivity index (χ4n) is 9.29. The second-order valence-corrected chi connectivity index (χ2v) is 20.3. The number of fused-ring (bicyclic) bond motifs is 1. The molecule has 2 amide bonds. The number of oxime groups is 1. The number of nitrogens with one attached hydrogen (secondary N) is 2. The first-order valence-electron chi connectivity index (χ1n) is 23.1. The lowest BCUT2D eigenvalue weighted by Crippen LogP contribution is -2.71. The summed E-state index contributed by atoms with van der Waals surface area (Å²) in [6.07, 6.45) is 1.91. The lowest BCUT2D eigenvalue weighted by molar-refractivity contribution is -0.158. The Balaban J connectivity index is 1.07. The molecule has 2 N–H and O–H groups in total. The predicted octanol–water partition coefficient (Wildman–Crippen LogP) is 10.7. The molecule has 0 spiro atoms. The molecule has 1 saturated carbocycles. The van der Waals surface area contributed by atoms with Gasteiger partial charge in [0, 0.05) is 27.8 Å². The van der Waals surface area contributed by atoms with Crippen molar-refractivity contribution < 1.29 is 24.0 Å². The van der Waals surface area contributed by atoms with Crippen LogP contribution in [0.15, 0.2) is 204 Å². The fourth-order valence-corrected chi connectivity index (χ4v) is 11.5. The SMILES string of the molecule is CC(C)(C)OC(=O)C1=C(C2CC2)CS[C@@H]2[C@H](NC(=O)/C(=N\OC(c3ccccc3)(c3ccccc3)c3ccccc3)c3csc(NC(c4ccccc4)(c4ccccc4)c4ccccc4)n3)C(=O)N12. The van der Waals surface area contributed by atoms with Crippen LogP contribution in [0.5, 0.6) is 0 Å². The van der Waals surface area contributed by atoms with Gasteiger partial charge in [0.05, 0.1) is 0 Å². The molecule has 7 aromatic rings. The average molecular weight is 950 g/mol. The fraction of sp³-hybridized carbons (Fsp3) is 0.211. The molecule has 10 nitrogen and oxygen atoms in total. The van der Waals surface area contributed by atoms with Crippen molar-refractivity contribution in [2.24, 2.45) is 11.1 Å². The van der Waals surface area contributed by atoms with Gasteiger partial charge in [0.15, 0.2) is 10.8 Å². The molecule has 2 aliphatic heterocycles. The van der Waals surface area contributed by atoms with Crippen LogP contribution in [0.2, 0.25) is 0 Å². The zero-order valence-corrected chi connectivity index (χ0v) is 40.1. The van der Waals surface area contributed by atoms with Crippen molar-refractivity contribution in [1.29, 1.82) is 0 Å². The van der Waals surface area contributed by atoms with E-state index in [1.165, 1.54) is 28.0 Å². The molecule has 1 saturated heterocycles. The molecule has 3 aliphatic rings. The zero-order chi connectivity index (χ0) is 47.6. The van der Waals surface area contributed by atoms with Crippen molar-refractivity contribution in [2.45, 2.75) is 61.8 Å². The molecule has 1 aromatic heterocycles. The number of hydrogen-bond donors (Lipinski definition) is 2. The third-order valence-electron chi connectivity index (χ3n) is 12.6. The van der Waals surface area contributed by atoms with E-state index in [2.05, 4.69) is 47.0 Å². The topological polar surface area (TPSA) is 122 Å². The summed E-state index contributed by atoms with van der Waals surface area (Å²) in [5, 5.41) is 13.5. The molecule has 6 aromatic carbocycles. The summed E-state index contributed by atoms with van der Waals surface area (Å²) < 4.78 is 5.86. The molecule has 69 heavy (non-hydrogen) atoms. The van der Waals surface area contributed by atoms with Crippen molar-refractivity contribution in [1.82, 2.24) is 15.2 Å². The molecule has 10 rings (SSSR count). The van der Waals surface area contributed by atoms with Gasteiger partial charge in [0.1, 0.15) is 33.9 Å². The molecule has 0 unspecified atom stereocenters. The number of thiazole rings is 1. The third-order valence-corrected chi connectivity index (χ3v) is 14.7. The van der Waals surface area contributed by atoms with Gasteiger partial charge in [-0.15, -0.1) is 23.1 Å². The van der Waals surface area contributed by atoms with Gasteiger partial charge in [0.25, 0.3) is 11.8 Å². The number of esters is 1. The first-order chi connectivity index (χ1) is 33.6. The van der Waals surface area contributed by atoms with Gasteiger partial charge in [-0.3, -0.25) is 14.5 Å². The van der Waals surface area contributed by atoms with E-state index < -0.39 is 45.9 Å². The van der Waals surface area contributed by atoms with Gasteiger partial charge in [0.2, 0.25) is 5.60 Å². The van der Waals surface area contributed by atoms with Crippen LogP contribution in [0.1, 0.15) is 72.7 Å². The Labute approximate surface area is 410 Å². The summed E-state index contributed by atoms with van der Waals surface area (Å²) in [5.74, 6) is -0.807. The highest BCUT2D eigenvalue weighted by molar-refractivity contribution is 8.00. The Bertz CT molecular complexity index is 2820. The molecule has 12 heteroatoms. The highest BCUT2D eigenvalue weighted by Gasteiger charge is 2.56. The first-order valence-corrected chi connectivity index (χ1v) is 25.0. The average Bonchev–Trinajstić information content (AvgIpc) is 4.14. The van der Waals surface area contributed by atoms with Crippen molar-refractivity contribution >= 4 is 51.7 Å². The summed E-state index contributed by atoms with van der Waals surface area (Å²) in [6, 6.07) is 59.0. The number of β-lactam (4-membered cyclic amide) rings is 1. The smallest absolute Gasteiger partial charge is 0.355 e. The summed E-state index contributed by atoms with van der Waals surface area (Å²) in [5.41, 5.74) is 3.62. The van der Waals surface area contributed by atoms with E-state index >= 15 is 4.79 Å². The van der Waals surface area contributed by atoms with Crippen LogP contribution in [0.25, 0.3) is 0 Å². The maximum Gasteiger partial charge on any atom is 0.355 e. The Morgan fingerprint density at radius 3 is 1.55 bits per heavy atom. The number of hydrogen-bond acceptors (Lipinski definition) is 10. The number of thioether (sulfide) groups is 1. The number of amides is 2. The number of carbonyl (C=O) groups is 3. The summed E-state index contributed by atoms with van der Waals surface area (Å²) >= 11 is 2.86. The molecular formula is C57H51N5O5S2. The maximum atomic E-state index is 15.2. The standard InChI is InChI=1S/C57H51N5O5S2/c1-55(2,3)66-53(65)49-45(38-34-35-38)36-68-52-48(51(64)62(49)52)59-50(63)47(61-67-57(42-28-16-7-17-29-42,43-30-18-8-19-31-43)44-32-20-9-21-33-44)46-37-69-54(58-46)60-56(39-22-10-4-11-23-39,40-24-12-5-13-25-40)41-26-14-6-15-27-41/h4-33,37-38,48,52H,34-36H2,1-3H3,(H,58,60)(H,59,63)/b61-47-/t48-,52-/m1/s1. The number of carbonyl (C=O) groups excluding carboxylic acids is 3. The van der Waals surface area contributed by atoms with Crippen molar-refractivity contribution in [3.63, 3.8) is 0 Å². The normalized spacial score (nSPS) is 17.3. The van der Waals surface area contributed by atoms with Crippen LogP contribution in [0, 0.1) is 5.92 Å². The number of aromatic nitrogens is 1. The number of nitrogens with zero attached hydrogens (tertiary/aromatic N) is 3. The molecule has 3 heterocycles. The molecule has 0 radical (unpaired) electrons. The number of benzene rings is 6. The van der Waals surface area contributed by atoms with Gasteiger partial charge < -0.3 is 20.2 Å². The quantitative estimate of drug-likeness (QED) is 0.0343. The molecule has 0 bridgehead atoms. The van der Waals surface area contributed by atoms with Crippen LogP contribution < -0.4 is 10.6 Å². The molecule has 346 valence electrons. The van der Waals surface area contributed by atoms with Gasteiger partial charge in [-0.05, 0) is 61.8 Å². The van der Waals surface area contributed by atoms with Gasteiger partial charge in [-0.2, -0.15) is 0 Å².